The highest BCUT2D eigenvalue weighted by atomic mass is 16.7. The monoisotopic (exact) mass is 336 g/mol. The first-order valence-corrected chi connectivity index (χ1v) is 8.29. The zero-order chi connectivity index (χ0) is 16.8. The number of pyridine rings is 1. The van der Waals surface area contributed by atoms with Gasteiger partial charge in [0, 0.05) is 6.54 Å². The highest BCUT2D eigenvalue weighted by molar-refractivity contribution is 5.79. The number of hydrogen-bond donors (Lipinski definition) is 1. The summed E-state index contributed by atoms with van der Waals surface area (Å²) in [6.07, 6.45) is 5.16. The van der Waals surface area contributed by atoms with Gasteiger partial charge in [0.25, 0.3) is 5.56 Å². The Kier molecular flexibility index (Phi) is 3.12. The Morgan fingerprint density at radius 3 is 3.04 bits per heavy atom. The topological polar surface area (TPSA) is 80.3 Å². The van der Waals surface area contributed by atoms with Crippen LogP contribution in [0, 0.1) is 0 Å². The second-order valence-corrected chi connectivity index (χ2v) is 6.26. The third-order valence-corrected chi connectivity index (χ3v) is 4.84. The van der Waals surface area contributed by atoms with Gasteiger partial charge in [-0.15, -0.1) is 0 Å². The van der Waals surface area contributed by atoms with Gasteiger partial charge in [-0.1, -0.05) is 6.07 Å². The van der Waals surface area contributed by atoms with Crippen molar-refractivity contribution in [2.75, 3.05) is 18.2 Å². The predicted octanol–water partition coefficient (Wildman–Crippen LogP) is 2.39. The molecule has 0 amide bonds. The molecule has 7 heteroatoms. The van der Waals surface area contributed by atoms with E-state index in [4.69, 9.17) is 9.47 Å². The molecule has 2 aliphatic rings. The van der Waals surface area contributed by atoms with Crippen LogP contribution in [0.25, 0.3) is 10.9 Å². The van der Waals surface area contributed by atoms with Crippen molar-refractivity contribution in [3.63, 3.8) is 0 Å². The van der Waals surface area contributed by atoms with Crippen LogP contribution in [-0.4, -0.2) is 28.3 Å². The first-order valence-electron chi connectivity index (χ1n) is 8.29. The van der Waals surface area contributed by atoms with Crippen LogP contribution in [0.4, 0.5) is 5.82 Å². The summed E-state index contributed by atoms with van der Waals surface area (Å²) in [5, 5.41) is 0.559. The lowest BCUT2D eigenvalue weighted by molar-refractivity contribution is 0.174. The highest BCUT2D eigenvalue weighted by Crippen LogP contribution is 2.40. The lowest BCUT2D eigenvalue weighted by Crippen LogP contribution is -2.24. The number of nitrogens with zero attached hydrogens (tertiary/aromatic N) is 3. The molecule has 0 radical (unpaired) electrons. The van der Waals surface area contributed by atoms with Crippen LogP contribution < -0.4 is 19.9 Å². The second-order valence-electron chi connectivity index (χ2n) is 6.26. The third kappa shape index (κ3) is 2.31. The van der Waals surface area contributed by atoms with Crippen molar-refractivity contribution in [2.24, 2.45) is 0 Å². The lowest BCUT2D eigenvalue weighted by atomic mass is 10.0. The molecule has 1 aromatic carbocycles. The summed E-state index contributed by atoms with van der Waals surface area (Å²) in [5.74, 6) is 2.37. The molecule has 1 N–H and O–H groups in total. The minimum Gasteiger partial charge on any atom is -0.454 e. The van der Waals surface area contributed by atoms with Crippen LogP contribution in [0.3, 0.4) is 0 Å². The standard InChI is InChI=1S/C18H16N4O3/c23-18-12-7-17(19-8-13(12)20-9-21-18)22-5-1-2-14(22)11-3-4-15-16(6-11)25-10-24-15/h3-4,6-9,14H,1-2,5,10H2,(H,20,21,23). The van der Waals surface area contributed by atoms with E-state index in [9.17, 15) is 4.79 Å². The van der Waals surface area contributed by atoms with Gasteiger partial charge in [0.15, 0.2) is 11.5 Å². The Bertz CT molecular complexity index is 1020. The molecule has 3 aromatic rings. The normalized spacial score (nSPS) is 18.9. The summed E-state index contributed by atoms with van der Waals surface area (Å²) < 4.78 is 10.9. The van der Waals surface area contributed by atoms with Crippen molar-refractivity contribution in [3.05, 3.63) is 52.7 Å². The molecule has 0 saturated carbocycles. The quantitative estimate of drug-likeness (QED) is 0.774. The molecule has 5 rings (SSSR count). The fourth-order valence-electron chi connectivity index (χ4n) is 3.63. The van der Waals surface area contributed by atoms with Gasteiger partial charge in [0.05, 0.1) is 29.5 Å². The first kappa shape index (κ1) is 14.3. The maximum absolute atomic E-state index is 12.1. The van der Waals surface area contributed by atoms with Crippen LogP contribution in [0.15, 0.2) is 41.6 Å². The fraction of sp³-hybridized carbons (Fsp3) is 0.278. The highest BCUT2D eigenvalue weighted by Gasteiger charge is 2.29. The van der Waals surface area contributed by atoms with E-state index in [2.05, 4.69) is 25.9 Å². The van der Waals surface area contributed by atoms with Crippen LogP contribution >= 0.6 is 0 Å². The smallest absolute Gasteiger partial charge is 0.258 e. The summed E-state index contributed by atoms with van der Waals surface area (Å²) in [4.78, 5) is 25.6. The molecule has 7 nitrogen and oxygen atoms in total. The first-order chi connectivity index (χ1) is 12.3. The van der Waals surface area contributed by atoms with Gasteiger partial charge < -0.3 is 19.4 Å². The maximum atomic E-state index is 12.1. The van der Waals surface area contributed by atoms with E-state index in [1.165, 1.54) is 11.9 Å². The van der Waals surface area contributed by atoms with Gasteiger partial charge >= 0.3 is 0 Å². The largest absolute Gasteiger partial charge is 0.454 e. The lowest BCUT2D eigenvalue weighted by Gasteiger charge is -2.26. The number of aromatic nitrogens is 3. The van der Waals surface area contributed by atoms with Gasteiger partial charge in [0.2, 0.25) is 6.79 Å². The van der Waals surface area contributed by atoms with Gasteiger partial charge in [-0.05, 0) is 36.6 Å². The van der Waals surface area contributed by atoms with Gasteiger partial charge in [-0.25, -0.2) is 9.97 Å². The number of aromatic amines is 1. The summed E-state index contributed by atoms with van der Waals surface area (Å²) in [7, 11) is 0. The van der Waals surface area contributed by atoms with Crippen molar-refractivity contribution in [3.8, 4) is 11.5 Å². The van der Waals surface area contributed by atoms with Crippen molar-refractivity contribution in [2.45, 2.75) is 18.9 Å². The molecule has 1 fully saturated rings. The Hall–Kier alpha value is -3.09. The van der Waals surface area contributed by atoms with Crippen LogP contribution in [0.2, 0.25) is 0 Å². The van der Waals surface area contributed by atoms with Gasteiger partial charge in [0.1, 0.15) is 5.82 Å². The molecular weight excluding hydrogens is 320 g/mol. The summed E-state index contributed by atoms with van der Waals surface area (Å²) >= 11 is 0. The Balaban J connectivity index is 1.55. The van der Waals surface area contributed by atoms with Crippen molar-refractivity contribution < 1.29 is 9.47 Å². The third-order valence-electron chi connectivity index (χ3n) is 4.84. The minimum atomic E-state index is -0.146. The number of hydrogen-bond acceptors (Lipinski definition) is 6. The Morgan fingerprint density at radius 1 is 1.16 bits per heavy atom. The molecule has 0 aliphatic carbocycles. The zero-order valence-electron chi connectivity index (χ0n) is 13.4. The minimum absolute atomic E-state index is 0.146. The van der Waals surface area contributed by atoms with E-state index in [1.807, 2.05) is 18.2 Å². The number of rotatable bonds is 2. The molecule has 4 heterocycles. The van der Waals surface area contributed by atoms with E-state index < -0.39 is 0 Å². The molecule has 2 aromatic heterocycles. The molecule has 1 atom stereocenters. The Labute approximate surface area is 143 Å². The summed E-state index contributed by atoms with van der Waals surface area (Å²) in [6, 6.07) is 8.10. The second kappa shape index (κ2) is 5.47. The molecule has 0 bridgehead atoms. The summed E-state index contributed by atoms with van der Waals surface area (Å²) in [6.45, 7) is 1.17. The van der Waals surface area contributed by atoms with E-state index in [-0.39, 0.29) is 18.4 Å². The number of fused-ring (bicyclic) bond motifs is 2. The van der Waals surface area contributed by atoms with Crippen molar-refractivity contribution >= 4 is 16.7 Å². The average Bonchev–Trinajstić information content (AvgIpc) is 3.30. The van der Waals surface area contributed by atoms with Gasteiger partial charge in [-0.2, -0.15) is 0 Å². The fourth-order valence-corrected chi connectivity index (χ4v) is 3.63. The average molecular weight is 336 g/mol. The zero-order valence-corrected chi connectivity index (χ0v) is 13.4. The van der Waals surface area contributed by atoms with E-state index in [1.54, 1.807) is 6.20 Å². The van der Waals surface area contributed by atoms with E-state index in [0.29, 0.717) is 10.9 Å². The molecule has 25 heavy (non-hydrogen) atoms. The van der Waals surface area contributed by atoms with Crippen LogP contribution in [0.5, 0.6) is 11.5 Å². The van der Waals surface area contributed by atoms with E-state index >= 15 is 0 Å². The van der Waals surface area contributed by atoms with Crippen molar-refractivity contribution in [1.82, 2.24) is 15.0 Å². The van der Waals surface area contributed by atoms with Crippen molar-refractivity contribution in [1.29, 1.82) is 0 Å². The number of anilines is 1. The molecule has 1 unspecified atom stereocenters. The number of benzene rings is 1. The van der Waals surface area contributed by atoms with Crippen LogP contribution in [-0.2, 0) is 0 Å². The molecule has 2 aliphatic heterocycles. The Morgan fingerprint density at radius 2 is 2.08 bits per heavy atom. The van der Waals surface area contributed by atoms with Crippen LogP contribution in [0.1, 0.15) is 24.4 Å². The molecule has 126 valence electrons. The number of H-pyrrole nitrogens is 1. The van der Waals surface area contributed by atoms with E-state index in [0.717, 1.165) is 36.7 Å². The predicted molar refractivity (Wildman–Crippen MR) is 92.0 cm³/mol. The molecule has 1 saturated heterocycles. The number of nitrogens with one attached hydrogen (secondary N) is 1. The van der Waals surface area contributed by atoms with Gasteiger partial charge in [-0.3, -0.25) is 4.79 Å². The SMILES string of the molecule is O=c1[nH]cnc2cnc(N3CCCC3c3ccc4c(c3)OCO4)cc12. The maximum Gasteiger partial charge on any atom is 0.258 e. The number of ether oxygens (including phenoxy) is 2. The summed E-state index contributed by atoms with van der Waals surface area (Å²) in [5.41, 5.74) is 1.63. The molecular formula is C18H16N4O3. The molecule has 0 spiro atoms.